The van der Waals surface area contributed by atoms with Crippen molar-refractivity contribution in [2.24, 2.45) is 5.92 Å². The van der Waals surface area contributed by atoms with Crippen molar-refractivity contribution in [2.75, 3.05) is 7.05 Å². The molecule has 1 aliphatic carbocycles. The van der Waals surface area contributed by atoms with Gasteiger partial charge in [-0.1, -0.05) is 32.1 Å². The van der Waals surface area contributed by atoms with Crippen LogP contribution >= 0.6 is 0 Å². The number of nitrogens with one attached hydrogen (secondary N) is 3. The minimum Gasteiger partial charge on any atom is -0.357 e. The second-order valence-electron chi connectivity index (χ2n) is 6.41. The van der Waals surface area contributed by atoms with Crippen molar-refractivity contribution in [1.82, 2.24) is 20.6 Å². The first-order chi connectivity index (χ1) is 11.2. The number of H-pyrrole nitrogens is 1. The van der Waals surface area contributed by atoms with E-state index in [1.54, 1.807) is 19.6 Å². The zero-order valence-electron chi connectivity index (χ0n) is 13.9. The lowest BCUT2D eigenvalue weighted by molar-refractivity contribution is -0.128. The Morgan fingerprint density at radius 2 is 2.13 bits per heavy atom. The summed E-state index contributed by atoms with van der Waals surface area (Å²) in [7, 11) is 1.58. The molecule has 0 bridgehead atoms. The van der Waals surface area contributed by atoms with Gasteiger partial charge < -0.3 is 15.6 Å². The van der Waals surface area contributed by atoms with Gasteiger partial charge in [-0.25, -0.2) is 4.98 Å². The predicted octanol–water partition coefficient (Wildman–Crippen LogP) is 1.93. The van der Waals surface area contributed by atoms with Crippen LogP contribution < -0.4 is 10.6 Å². The summed E-state index contributed by atoms with van der Waals surface area (Å²) >= 11 is 0. The molecule has 0 unspecified atom stereocenters. The first-order valence-corrected chi connectivity index (χ1v) is 8.67. The second kappa shape index (κ2) is 9.33. The fourth-order valence-corrected chi connectivity index (χ4v) is 3.29. The van der Waals surface area contributed by atoms with Crippen LogP contribution in [0.5, 0.6) is 0 Å². The van der Waals surface area contributed by atoms with E-state index < -0.39 is 6.04 Å². The van der Waals surface area contributed by atoms with Crippen LogP contribution in [-0.4, -0.2) is 34.9 Å². The number of aromatic amines is 1. The number of likely N-dealkylation sites (N-methyl/N-ethyl adjacent to an activating group) is 1. The lowest BCUT2D eigenvalue weighted by Crippen LogP contribution is -2.47. The van der Waals surface area contributed by atoms with Crippen LogP contribution in [0.3, 0.4) is 0 Å². The van der Waals surface area contributed by atoms with Gasteiger partial charge in [0.05, 0.1) is 6.33 Å². The summed E-state index contributed by atoms with van der Waals surface area (Å²) in [5, 5.41) is 5.45. The van der Waals surface area contributed by atoms with Crippen molar-refractivity contribution in [3.8, 4) is 0 Å². The Kier molecular flexibility index (Phi) is 7.10. The predicted molar refractivity (Wildman–Crippen MR) is 88.7 cm³/mol. The van der Waals surface area contributed by atoms with Crippen LogP contribution in [0.15, 0.2) is 12.5 Å². The highest BCUT2D eigenvalue weighted by Crippen LogP contribution is 2.27. The Morgan fingerprint density at radius 3 is 2.78 bits per heavy atom. The third-order valence-electron chi connectivity index (χ3n) is 4.62. The highest BCUT2D eigenvalue weighted by molar-refractivity contribution is 5.87. The fourth-order valence-electron chi connectivity index (χ4n) is 3.29. The van der Waals surface area contributed by atoms with Crippen LogP contribution in [-0.2, 0) is 16.0 Å². The summed E-state index contributed by atoms with van der Waals surface area (Å²) in [5.41, 5.74) is 0.834. The average Bonchev–Trinajstić information content (AvgIpc) is 3.07. The molecular weight excluding hydrogens is 292 g/mol. The van der Waals surface area contributed by atoms with E-state index >= 15 is 0 Å². The van der Waals surface area contributed by atoms with Gasteiger partial charge in [0, 0.05) is 31.8 Å². The van der Waals surface area contributed by atoms with E-state index in [2.05, 4.69) is 20.6 Å². The molecule has 1 aromatic rings. The number of rotatable bonds is 8. The third-order valence-corrected chi connectivity index (χ3v) is 4.62. The molecule has 1 fully saturated rings. The molecule has 1 heterocycles. The lowest BCUT2D eigenvalue weighted by Gasteiger charge is -2.21. The Balaban J connectivity index is 1.74. The van der Waals surface area contributed by atoms with E-state index in [1.165, 1.54) is 32.1 Å². The maximum atomic E-state index is 12.1. The largest absolute Gasteiger partial charge is 0.357 e. The third kappa shape index (κ3) is 6.04. The lowest BCUT2D eigenvalue weighted by atomic mass is 9.86. The smallest absolute Gasteiger partial charge is 0.242 e. The van der Waals surface area contributed by atoms with E-state index in [9.17, 15) is 9.59 Å². The first kappa shape index (κ1) is 17.5. The Labute approximate surface area is 137 Å². The number of hydrogen-bond donors (Lipinski definition) is 3. The molecule has 6 nitrogen and oxygen atoms in total. The average molecular weight is 320 g/mol. The van der Waals surface area contributed by atoms with Gasteiger partial charge in [-0.2, -0.15) is 0 Å². The summed E-state index contributed by atoms with van der Waals surface area (Å²) in [6.45, 7) is 0. The molecule has 1 atom stereocenters. The normalized spacial score (nSPS) is 16.7. The van der Waals surface area contributed by atoms with Crippen molar-refractivity contribution in [3.63, 3.8) is 0 Å². The molecule has 0 aliphatic heterocycles. The first-order valence-electron chi connectivity index (χ1n) is 8.67. The second-order valence-corrected chi connectivity index (χ2v) is 6.41. The summed E-state index contributed by atoms with van der Waals surface area (Å²) in [6.07, 6.45) is 12.8. The maximum absolute atomic E-state index is 12.1. The number of carbonyl (C=O) groups is 2. The number of imidazole rings is 1. The highest BCUT2D eigenvalue weighted by Gasteiger charge is 2.21. The topological polar surface area (TPSA) is 86.9 Å². The van der Waals surface area contributed by atoms with Crippen LogP contribution in [0.2, 0.25) is 0 Å². The number of aromatic nitrogens is 2. The number of carbonyl (C=O) groups excluding carboxylic acids is 2. The van der Waals surface area contributed by atoms with Crippen LogP contribution in [0, 0.1) is 5.92 Å². The Bertz CT molecular complexity index is 481. The molecule has 0 spiro atoms. The maximum Gasteiger partial charge on any atom is 0.242 e. The van der Waals surface area contributed by atoms with Gasteiger partial charge in [-0.05, 0) is 18.8 Å². The molecule has 3 N–H and O–H groups in total. The van der Waals surface area contributed by atoms with Gasteiger partial charge in [0.15, 0.2) is 0 Å². The van der Waals surface area contributed by atoms with E-state index in [0.717, 1.165) is 24.5 Å². The summed E-state index contributed by atoms with van der Waals surface area (Å²) in [6, 6.07) is -0.553. The van der Waals surface area contributed by atoms with E-state index in [0.29, 0.717) is 12.8 Å². The van der Waals surface area contributed by atoms with Crippen LogP contribution in [0.1, 0.15) is 57.1 Å². The van der Waals surface area contributed by atoms with Crippen molar-refractivity contribution in [2.45, 2.75) is 63.8 Å². The summed E-state index contributed by atoms with van der Waals surface area (Å²) in [5.74, 6) is 0.561. The van der Waals surface area contributed by atoms with Crippen molar-refractivity contribution >= 4 is 11.8 Å². The monoisotopic (exact) mass is 320 g/mol. The zero-order valence-corrected chi connectivity index (χ0v) is 13.9. The van der Waals surface area contributed by atoms with Crippen molar-refractivity contribution < 1.29 is 9.59 Å². The van der Waals surface area contributed by atoms with E-state index in [1.807, 2.05) is 0 Å². The Morgan fingerprint density at radius 1 is 1.35 bits per heavy atom. The molecule has 6 heteroatoms. The zero-order chi connectivity index (χ0) is 16.5. The van der Waals surface area contributed by atoms with E-state index in [4.69, 9.17) is 0 Å². The Hall–Kier alpha value is -1.85. The molecular formula is C17H28N4O2. The fraction of sp³-hybridized carbons (Fsp3) is 0.706. The standard InChI is InChI=1S/C17H28N4O2/c1-18-17(23)15(10-14-11-19-12-20-14)21-16(22)9-5-8-13-6-3-2-4-7-13/h11-13,15H,2-10H2,1H3,(H,18,23)(H,19,20)(H,21,22)/t15-/m0/s1. The quantitative estimate of drug-likeness (QED) is 0.684. The van der Waals surface area contributed by atoms with Crippen LogP contribution in [0.4, 0.5) is 0 Å². The molecule has 0 radical (unpaired) electrons. The molecule has 0 aromatic carbocycles. The summed E-state index contributed by atoms with van der Waals surface area (Å²) < 4.78 is 0. The minimum absolute atomic E-state index is 0.0473. The molecule has 0 saturated heterocycles. The van der Waals surface area contributed by atoms with Gasteiger partial charge in [-0.3, -0.25) is 9.59 Å². The molecule has 2 amide bonds. The number of amides is 2. The molecule has 1 aromatic heterocycles. The number of nitrogens with zero attached hydrogens (tertiary/aromatic N) is 1. The molecule has 1 aliphatic rings. The van der Waals surface area contributed by atoms with E-state index in [-0.39, 0.29) is 11.8 Å². The molecule has 23 heavy (non-hydrogen) atoms. The number of hydrogen-bond acceptors (Lipinski definition) is 3. The highest BCUT2D eigenvalue weighted by atomic mass is 16.2. The van der Waals surface area contributed by atoms with Crippen LogP contribution in [0.25, 0.3) is 0 Å². The molecule has 128 valence electrons. The van der Waals surface area contributed by atoms with Crippen molar-refractivity contribution in [3.05, 3.63) is 18.2 Å². The SMILES string of the molecule is CNC(=O)[C@H](Cc1cnc[nH]1)NC(=O)CCCC1CCCCC1. The minimum atomic E-state index is -0.553. The van der Waals surface area contributed by atoms with Gasteiger partial charge in [-0.15, -0.1) is 0 Å². The van der Waals surface area contributed by atoms with Gasteiger partial charge in [0.2, 0.25) is 11.8 Å². The molecule has 1 saturated carbocycles. The van der Waals surface area contributed by atoms with Gasteiger partial charge in [0.1, 0.15) is 6.04 Å². The van der Waals surface area contributed by atoms with Crippen molar-refractivity contribution in [1.29, 1.82) is 0 Å². The van der Waals surface area contributed by atoms with Gasteiger partial charge >= 0.3 is 0 Å². The molecule has 2 rings (SSSR count). The summed E-state index contributed by atoms with van der Waals surface area (Å²) in [4.78, 5) is 31.0. The van der Waals surface area contributed by atoms with Gasteiger partial charge in [0.25, 0.3) is 0 Å².